The highest BCUT2D eigenvalue weighted by Gasteiger charge is 2.43. The van der Waals surface area contributed by atoms with E-state index < -0.39 is 11.8 Å². The van der Waals surface area contributed by atoms with Gasteiger partial charge in [-0.1, -0.05) is 13.8 Å². The van der Waals surface area contributed by atoms with Crippen LogP contribution < -0.4 is 20.1 Å². The lowest BCUT2D eigenvalue weighted by molar-refractivity contribution is -0.286. The molecule has 1 aliphatic rings. The molecule has 2 rings (SSSR count). The number of hydrogen-bond acceptors (Lipinski definition) is 5. The van der Waals surface area contributed by atoms with Gasteiger partial charge in [0.1, 0.15) is 5.54 Å². The standard InChI is InChI=1S/C15H17F2N3O3/c1-9(2)14(3,8-18)20-13(21)7-19-10-4-5-11-12(6-10)23-15(16,17)22-11/h4-6,9,19H,7H2,1-3H3,(H,20,21). The summed E-state index contributed by atoms with van der Waals surface area (Å²) >= 11 is 0. The highest BCUT2D eigenvalue weighted by Crippen LogP contribution is 2.42. The molecule has 1 aromatic rings. The van der Waals surface area contributed by atoms with Crippen molar-refractivity contribution in [3.8, 4) is 17.6 Å². The summed E-state index contributed by atoms with van der Waals surface area (Å²) in [6.45, 7) is 5.18. The first-order chi connectivity index (χ1) is 10.6. The van der Waals surface area contributed by atoms with E-state index in [1.54, 1.807) is 6.92 Å². The van der Waals surface area contributed by atoms with Crippen molar-refractivity contribution in [3.63, 3.8) is 0 Å². The smallest absolute Gasteiger partial charge is 0.395 e. The Morgan fingerprint density at radius 1 is 1.39 bits per heavy atom. The summed E-state index contributed by atoms with van der Waals surface area (Å²) in [6, 6.07) is 6.20. The minimum atomic E-state index is -3.68. The van der Waals surface area contributed by atoms with Crippen LogP contribution in [0.15, 0.2) is 18.2 Å². The number of benzene rings is 1. The van der Waals surface area contributed by atoms with Gasteiger partial charge in [-0.15, -0.1) is 8.78 Å². The van der Waals surface area contributed by atoms with E-state index in [0.717, 1.165) is 0 Å². The molecular weight excluding hydrogens is 308 g/mol. The van der Waals surface area contributed by atoms with Gasteiger partial charge < -0.3 is 20.1 Å². The van der Waals surface area contributed by atoms with Gasteiger partial charge in [-0.2, -0.15) is 5.26 Å². The van der Waals surface area contributed by atoms with Gasteiger partial charge in [0.15, 0.2) is 11.5 Å². The Morgan fingerprint density at radius 3 is 2.65 bits per heavy atom. The number of ether oxygens (including phenoxy) is 2. The van der Waals surface area contributed by atoms with Crippen LogP contribution in [0.2, 0.25) is 0 Å². The number of anilines is 1. The predicted molar refractivity (Wildman–Crippen MR) is 78.1 cm³/mol. The number of amides is 1. The van der Waals surface area contributed by atoms with Gasteiger partial charge in [0, 0.05) is 11.8 Å². The number of rotatable bonds is 5. The van der Waals surface area contributed by atoms with Crippen LogP contribution in [0.3, 0.4) is 0 Å². The van der Waals surface area contributed by atoms with Gasteiger partial charge in [-0.25, -0.2) is 0 Å². The summed E-state index contributed by atoms with van der Waals surface area (Å²) in [5, 5.41) is 14.6. The zero-order chi connectivity index (χ0) is 17.3. The highest BCUT2D eigenvalue weighted by molar-refractivity contribution is 5.82. The number of nitrogens with zero attached hydrogens (tertiary/aromatic N) is 1. The first kappa shape index (κ1) is 16.8. The van der Waals surface area contributed by atoms with Crippen molar-refractivity contribution in [2.45, 2.75) is 32.6 Å². The van der Waals surface area contributed by atoms with Gasteiger partial charge in [0.25, 0.3) is 0 Å². The van der Waals surface area contributed by atoms with E-state index in [9.17, 15) is 13.6 Å². The van der Waals surface area contributed by atoms with Crippen LogP contribution in [0.4, 0.5) is 14.5 Å². The SMILES string of the molecule is CC(C)C(C)(C#N)NC(=O)CNc1ccc2c(c1)OC(F)(F)O2. The maximum absolute atomic E-state index is 12.9. The molecule has 6 nitrogen and oxygen atoms in total. The molecular formula is C15H17F2N3O3. The van der Waals surface area contributed by atoms with Gasteiger partial charge in [-0.05, 0) is 25.0 Å². The van der Waals surface area contributed by atoms with E-state index in [0.29, 0.717) is 5.69 Å². The van der Waals surface area contributed by atoms with Crippen LogP contribution in [-0.2, 0) is 4.79 Å². The fraction of sp³-hybridized carbons (Fsp3) is 0.467. The molecule has 0 fully saturated rings. The summed E-state index contributed by atoms with van der Waals surface area (Å²) in [7, 11) is 0. The summed E-state index contributed by atoms with van der Waals surface area (Å²) < 4.78 is 34.5. The molecule has 1 heterocycles. The first-order valence-corrected chi connectivity index (χ1v) is 7.01. The molecule has 0 aromatic heterocycles. The van der Waals surface area contributed by atoms with Crippen LogP contribution in [0.5, 0.6) is 11.5 Å². The number of nitrogens with one attached hydrogen (secondary N) is 2. The third-order valence-corrected chi connectivity index (χ3v) is 3.64. The third-order valence-electron chi connectivity index (χ3n) is 3.64. The van der Waals surface area contributed by atoms with Crippen LogP contribution in [-0.4, -0.2) is 24.3 Å². The molecule has 8 heteroatoms. The maximum Gasteiger partial charge on any atom is 0.586 e. The van der Waals surface area contributed by atoms with Crippen molar-refractivity contribution >= 4 is 11.6 Å². The van der Waals surface area contributed by atoms with Crippen molar-refractivity contribution in [2.75, 3.05) is 11.9 Å². The van der Waals surface area contributed by atoms with Gasteiger partial charge in [-0.3, -0.25) is 4.79 Å². The molecule has 0 bridgehead atoms. The molecule has 0 spiro atoms. The molecule has 1 aliphatic heterocycles. The van der Waals surface area contributed by atoms with Crippen LogP contribution in [0.25, 0.3) is 0 Å². The minimum absolute atomic E-state index is 0.0655. The van der Waals surface area contributed by atoms with E-state index in [4.69, 9.17) is 5.26 Å². The zero-order valence-electron chi connectivity index (χ0n) is 12.9. The first-order valence-electron chi connectivity index (χ1n) is 7.01. The molecule has 0 saturated carbocycles. The van der Waals surface area contributed by atoms with Crippen LogP contribution in [0, 0.1) is 17.2 Å². The van der Waals surface area contributed by atoms with E-state index in [-0.39, 0.29) is 29.9 Å². The average molecular weight is 325 g/mol. The molecule has 1 amide bonds. The minimum Gasteiger partial charge on any atom is -0.395 e. The molecule has 0 radical (unpaired) electrons. The quantitative estimate of drug-likeness (QED) is 0.869. The molecule has 23 heavy (non-hydrogen) atoms. The van der Waals surface area contributed by atoms with E-state index in [2.05, 4.69) is 26.2 Å². The van der Waals surface area contributed by atoms with Gasteiger partial charge in [0.2, 0.25) is 5.91 Å². The molecule has 124 valence electrons. The van der Waals surface area contributed by atoms with Crippen molar-refractivity contribution in [3.05, 3.63) is 18.2 Å². The largest absolute Gasteiger partial charge is 0.586 e. The fourth-order valence-corrected chi connectivity index (χ4v) is 1.88. The number of hydrogen-bond donors (Lipinski definition) is 2. The Kier molecular flexibility index (Phi) is 4.32. The summed E-state index contributed by atoms with van der Waals surface area (Å²) in [4.78, 5) is 11.9. The number of alkyl halides is 2. The summed E-state index contributed by atoms with van der Waals surface area (Å²) in [6.07, 6.45) is -3.68. The van der Waals surface area contributed by atoms with Crippen molar-refractivity contribution in [1.29, 1.82) is 5.26 Å². The van der Waals surface area contributed by atoms with Crippen molar-refractivity contribution in [1.82, 2.24) is 5.32 Å². The third kappa shape index (κ3) is 3.80. The van der Waals surface area contributed by atoms with Crippen molar-refractivity contribution in [2.24, 2.45) is 5.92 Å². The highest BCUT2D eigenvalue weighted by atomic mass is 19.3. The second-order valence-electron chi connectivity index (χ2n) is 5.70. The Labute approximate surface area is 132 Å². The lowest BCUT2D eigenvalue weighted by atomic mass is 9.90. The molecule has 2 N–H and O–H groups in total. The molecule has 1 unspecified atom stereocenters. The Balaban J connectivity index is 1.95. The van der Waals surface area contributed by atoms with E-state index in [1.165, 1.54) is 18.2 Å². The predicted octanol–water partition coefficient (Wildman–Crippen LogP) is 2.47. The topological polar surface area (TPSA) is 83.4 Å². The maximum atomic E-state index is 12.9. The van der Waals surface area contributed by atoms with E-state index >= 15 is 0 Å². The normalized spacial score (nSPS) is 17.3. The van der Waals surface area contributed by atoms with Crippen LogP contribution >= 0.6 is 0 Å². The van der Waals surface area contributed by atoms with E-state index in [1.807, 2.05) is 13.8 Å². The number of halogens is 2. The molecule has 1 aromatic carbocycles. The Bertz CT molecular complexity index is 658. The number of carbonyl (C=O) groups excluding carboxylic acids is 1. The summed E-state index contributed by atoms with van der Waals surface area (Å²) in [5.41, 5.74) is -0.557. The lowest BCUT2D eigenvalue weighted by Crippen LogP contribution is -2.50. The fourth-order valence-electron chi connectivity index (χ4n) is 1.88. The number of fused-ring (bicyclic) bond motifs is 1. The van der Waals surface area contributed by atoms with Crippen molar-refractivity contribution < 1.29 is 23.0 Å². The molecule has 0 aliphatic carbocycles. The van der Waals surface area contributed by atoms with Gasteiger partial charge in [0.05, 0.1) is 12.6 Å². The number of carbonyl (C=O) groups is 1. The molecule has 1 atom stereocenters. The van der Waals surface area contributed by atoms with Crippen LogP contribution in [0.1, 0.15) is 20.8 Å². The second-order valence-corrected chi connectivity index (χ2v) is 5.70. The monoisotopic (exact) mass is 325 g/mol. The lowest BCUT2D eigenvalue weighted by Gasteiger charge is -2.27. The van der Waals surface area contributed by atoms with Gasteiger partial charge >= 0.3 is 6.29 Å². The average Bonchev–Trinajstić information content (AvgIpc) is 2.77. The Hall–Kier alpha value is -2.56. The molecule has 0 saturated heterocycles. The Morgan fingerprint density at radius 2 is 2.04 bits per heavy atom. The summed E-state index contributed by atoms with van der Waals surface area (Å²) in [5.74, 6) is -0.624. The number of nitriles is 1. The second kappa shape index (κ2) is 5.91. The zero-order valence-corrected chi connectivity index (χ0v) is 12.9.